The van der Waals surface area contributed by atoms with Crippen molar-refractivity contribution in [1.29, 1.82) is 0 Å². The van der Waals surface area contributed by atoms with E-state index < -0.39 is 35.6 Å². The summed E-state index contributed by atoms with van der Waals surface area (Å²) in [5.74, 6) is -2.18. The summed E-state index contributed by atoms with van der Waals surface area (Å²) in [6.45, 7) is -0.304. The minimum absolute atomic E-state index is 0.114. The number of rotatable bonds is 5. The third-order valence-electron chi connectivity index (χ3n) is 6.75. The SMILES string of the molecule is O=C1C2N=NN(CC(=O)N3N=C(c4ccc(Br)cc4)CC3c3ccccc3)C2C(=O)N1c1cccc(F)c1. The van der Waals surface area contributed by atoms with Crippen molar-refractivity contribution < 1.29 is 18.8 Å². The molecular formula is C27H20BrFN6O3. The zero-order chi connectivity index (χ0) is 26.4. The summed E-state index contributed by atoms with van der Waals surface area (Å²) in [5.41, 5.74) is 2.68. The summed E-state index contributed by atoms with van der Waals surface area (Å²) < 4.78 is 14.7. The van der Waals surface area contributed by atoms with E-state index in [9.17, 15) is 18.8 Å². The van der Waals surface area contributed by atoms with Gasteiger partial charge in [0.2, 0.25) is 0 Å². The standard InChI is InChI=1S/C27H20BrFN6O3/c28-18-11-9-16(10-12-18)21-14-22(17-5-2-1-3-6-17)35(31-21)23(36)15-33-25-24(30-32-33)26(37)34(27(25)38)20-8-4-7-19(29)13-20/h1-13,22,24-25H,14-15H2. The van der Waals surface area contributed by atoms with Crippen molar-refractivity contribution in [1.82, 2.24) is 10.0 Å². The maximum atomic E-state index is 13.8. The highest BCUT2D eigenvalue weighted by Gasteiger charge is 2.55. The number of benzene rings is 3. The first-order valence-corrected chi connectivity index (χ1v) is 12.7. The Kier molecular flexibility index (Phi) is 6.07. The number of amides is 3. The van der Waals surface area contributed by atoms with Crippen molar-refractivity contribution in [3.63, 3.8) is 0 Å². The van der Waals surface area contributed by atoms with Gasteiger partial charge in [-0.05, 0) is 41.5 Å². The highest BCUT2D eigenvalue weighted by molar-refractivity contribution is 9.10. The Bertz CT molecular complexity index is 1500. The van der Waals surface area contributed by atoms with Gasteiger partial charge in [-0.25, -0.2) is 14.3 Å². The number of hydrazone groups is 1. The summed E-state index contributed by atoms with van der Waals surface area (Å²) in [4.78, 5) is 40.7. The number of nitrogens with zero attached hydrogens (tertiary/aromatic N) is 6. The molecule has 38 heavy (non-hydrogen) atoms. The number of carbonyl (C=O) groups excluding carboxylic acids is 3. The van der Waals surface area contributed by atoms with Gasteiger partial charge in [-0.15, -0.1) is 0 Å². The lowest BCUT2D eigenvalue weighted by molar-refractivity contribution is -0.135. The minimum Gasteiger partial charge on any atom is -0.271 e. The second-order valence-corrected chi connectivity index (χ2v) is 10.0. The lowest BCUT2D eigenvalue weighted by atomic mass is 9.98. The molecule has 0 bridgehead atoms. The van der Waals surface area contributed by atoms with Gasteiger partial charge in [-0.3, -0.25) is 19.4 Å². The predicted molar refractivity (Wildman–Crippen MR) is 139 cm³/mol. The van der Waals surface area contributed by atoms with Gasteiger partial charge in [-0.2, -0.15) is 10.2 Å². The van der Waals surface area contributed by atoms with Crippen LogP contribution in [0.15, 0.2) is 98.8 Å². The molecule has 1 fully saturated rings. The average molecular weight is 575 g/mol. The van der Waals surface area contributed by atoms with Gasteiger partial charge in [0.15, 0.2) is 12.1 Å². The summed E-state index contributed by atoms with van der Waals surface area (Å²) in [5, 5.41) is 15.3. The van der Waals surface area contributed by atoms with E-state index in [0.717, 1.165) is 32.3 Å². The van der Waals surface area contributed by atoms with Crippen molar-refractivity contribution in [2.75, 3.05) is 11.4 Å². The maximum Gasteiger partial charge on any atom is 0.264 e. The molecule has 11 heteroatoms. The molecule has 3 aliphatic heterocycles. The monoisotopic (exact) mass is 574 g/mol. The number of hydrogen-bond acceptors (Lipinski definition) is 7. The van der Waals surface area contributed by atoms with Crippen molar-refractivity contribution >= 4 is 45.1 Å². The molecule has 3 aliphatic rings. The molecule has 6 rings (SSSR count). The number of halogens is 2. The zero-order valence-electron chi connectivity index (χ0n) is 19.8. The molecule has 3 amide bonds. The fourth-order valence-corrected chi connectivity index (χ4v) is 5.19. The van der Waals surface area contributed by atoms with Gasteiger partial charge in [0, 0.05) is 10.9 Å². The largest absolute Gasteiger partial charge is 0.271 e. The van der Waals surface area contributed by atoms with E-state index in [1.54, 1.807) is 0 Å². The first-order valence-electron chi connectivity index (χ1n) is 11.9. The van der Waals surface area contributed by atoms with Crippen LogP contribution < -0.4 is 4.90 Å². The molecule has 3 unspecified atom stereocenters. The van der Waals surface area contributed by atoms with E-state index in [0.29, 0.717) is 6.42 Å². The third-order valence-corrected chi connectivity index (χ3v) is 7.28. The van der Waals surface area contributed by atoms with E-state index in [-0.39, 0.29) is 18.3 Å². The quantitative estimate of drug-likeness (QED) is 0.425. The Balaban J connectivity index is 1.26. The molecule has 1 saturated heterocycles. The lowest BCUT2D eigenvalue weighted by Crippen LogP contribution is -2.44. The van der Waals surface area contributed by atoms with Gasteiger partial charge in [0.1, 0.15) is 12.4 Å². The topological polar surface area (TPSA) is 98.0 Å². The van der Waals surface area contributed by atoms with Crippen LogP contribution in [0, 0.1) is 5.82 Å². The Labute approximate surface area is 225 Å². The van der Waals surface area contributed by atoms with Crippen LogP contribution in [0.5, 0.6) is 0 Å². The van der Waals surface area contributed by atoms with E-state index in [1.165, 1.54) is 28.2 Å². The number of anilines is 1. The maximum absolute atomic E-state index is 13.8. The smallest absolute Gasteiger partial charge is 0.264 e. The number of fused-ring (bicyclic) bond motifs is 1. The number of carbonyl (C=O) groups is 3. The van der Waals surface area contributed by atoms with Crippen LogP contribution in [0.3, 0.4) is 0 Å². The lowest BCUT2D eigenvalue weighted by Gasteiger charge is -2.25. The van der Waals surface area contributed by atoms with Crippen LogP contribution in [0.2, 0.25) is 0 Å². The molecule has 0 radical (unpaired) electrons. The molecular weight excluding hydrogens is 555 g/mol. The highest BCUT2D eigenvalue weighted by Crippen LogP contribution is 2.35. The van der Waals surface area contributed by atoms with Crippen LogP contribution in [0.4, 0.5) is 10.1 Å². The fourth-order valence-electron chi connectivity index (χ4n) is 4.93. The van der Waals surface area contributed by atoms with E-state index >= 15 is 0 Å². The van der Waals surface area contributed by atoms with Gasteiger partial charge in [-0.1, -0.05) is 69.7 Å². The normalized spacial score (nSPS) is 22.3. The molecule has 9 nitrogen and oxygen atoms in total. The number of hydrogen-bond donors (Lipinski definition) is 0. The third kappa shape index (κ3) is 4.18. The zero-order valence-corrected chi connectivity index (χ0v) is 21.4. The molecule has 0 aromatic heterocycles. The van der Waals surface area contributed by atoms with Crippen LogP contribution in [0.1, 0.15) is 23.6 Å². The summed E-state index contributed by atoms with van der Waals surface area (Å²) in [6, 6.07) is 20.0. The van der Waals surface area contributed by atoms with Gasteiger partial charge in [0.25, 0.3) is 17.7 Å². The molecule has 3 heterocycles. The van der Waals surface area contributed by atoms with E-state index in [1.807, 2.05) is 54.6 Å². The summed E-state index contributed by atoms with van der Waals surface area (Å²) in [6.07, 6.45) is 0.510. The molecule has 0 N–H and O–H groups in total. The number of imide groups is 1. The molecule has 0 spiro atoms. The van der Waals surface area contributed by atoms with Crippen molar-refractivity contribution in [2.45, 2.75) is 24.5 Å². The predicted octanol–water partition coefficient (Wildman–Crippen LogP) is 4.26. The second kappa shape index (κ2) is 9.56. The Morgan fingerprint density at radius 1 is 0.974 bits per heavy atom. The summed E-state index contributed by atoms with van der Waals surface area (Å²) in [7, 11) is 0. The molecule has 0 saturated carbocycles. The van der Waals surface area contributed by atoms with Crippen molar-refractivity contribution in [3.8, 4) is 0 Å². The second-order valence-electron chi connectivity index (χ2n) is 9.11. The van der Waals surface area contributed by atoms with Crippen molar-refractivity contribution in [2.24, 2.45) is 15.4 Å². The van der Waals surface area contributed by atoms with Crippen molar-refractivity contribution in [3.05, 3.63) is 100 Å². The highest BCUT2D eigenvalue weighted by atomic mass is 79.9. The molecule has 3 aromatic rings. The molecule has 0 aliphatic carbocycles. The van der Waals surface area contributed by atoms with Crippen LogP contribution >= 0.6 is 15.9 Å². The van der Waals surface area contributed by atoms with Crippen LogP contribution in [-0.2, 0) is 14.4 Å². The molecule has 3 aromatic carbocycles. The molecule has 190 valence electrons. The van der Waals surface area contributed by atoms with Gasteiger partial charge in [0.05, 0.1) is 17.4 Å². The first kappa shape index (κ1) is 24.1. The van der Waals surface area contributed by atoms with Crippen LogP contribution in [-0.4, -0.2) is 52.1 Å². The molecule has 3 atom stereocenters. The average Bonchev–Trinajstić information content (AvgIpc) is 3.60. The van der Waals surface area contributed by atoms with E-state index in [4.69, 9.17) is 0 Å². The minimum atomic E-state index is -1.09. The summed E-state index contributed by atoms with van der Waals surface area (Å²) >= 11 is 3.44. The first-order chi connectivity index (χ1) is 18.4. The Morgan fingerprint density at radius 2 is 1.74 bits per heavy atom. The van der Waals surface area contributed by atoms with Gasteiger partial charge >= 0.3 is 0 Å². The van der Waals surface area contributed by atoms with E-state index in [2.05, 4.69) is 31.4 Å². The Hall–Kier alpha value is -4.25. The van der Waals surface area contributed by atoms with Crippen LogP contribution in [0.25, 0.3) is 0 Å². The fraction of sp³-hybridized carbons (Fsp3) is 0.185. The van der Waals surface area contributed by atoms with Gasteiger partial charge < -0.3 is 0 Å². The Morgan fingerprint density at radius 3 is 2.47 bits per heavy atom.